The Morgan fingerprint density at radius 1 is 0.625 bits per heavy atom. The highest BCUT2D eigenvalue weighted by atomic mass is 32.2. The quantitative estimate of drug-likeness (QED) is 0.0763. The summed E-state index contributed by atoms with van der Waals surface area (Å²) in [5.74, 6) is -5.94. The van der Waals surface area contributed by atoms with Crippen LogP contribution in [0.5, 0.6) is 0 Å². The van der Waals surface area contributed by atoms with Gasteiger partial charge in [0.05, 0.1) is 12.1 Å². The number of nitrogens with one attached hydrogen (secondary N) is 4. The van der Waals surface area contributed by atoms with Gasteiger partial charge in [0.1, 0.15) is 5.78 Å². The number of carbonyl (C=O) groups excluding carboxylic acids is 6. The van der Waals surface area contributed by atoms with Crippen LogP contribution in [0, 0.1) is 11.8 Å². The fourth-order valence-corrected chi connectivity index (χ4v) is 5.73. The molecule has 0 aromatic rings. The lowest BCUT2D eigenvalue weighted by Crippen LogP contribution is -2.46. The molecule has 0 fully saturated rings. The van der Waals surface area contributed by atoms with Crippen molar-refractivity contribution in [3.05, 3.63) is 0 Å². The van der Waals surface area contributed by atoms with Crippen LogP contribution in [-0.2, 0) is 28.8 Å². The van der Waals surface area contributed by atoms with Crippen LogP contribution in [0.3, 0.4) is 0 Å². The van der Waals surface area contributed by atoms with Gasteiger partial charge in [0.25, 0.3) is 0 Å². The first-order valence-corrected chi connectivity index (χ1v) is 18.4. The molecule has 0 radical (unpaired) electrons. The summed E-state index contributed by atoms with van der Waals surface area (Å²) in [4.78, 5) is 74.3. The standard InChI is InChI=1S/C30H48F6N4O6S2/c1-19(41)20(11-15-47-3)17-25(43)23(10-6-8-14-39-28(46)30(34,35)36)40-26(44)21(12-16-48-4)18-24(42)22(37-2)9-5-7-13-38-27(45)29(31,32)33/h20-23,37H,5-18H2,1-4H3,(H,38,45)(H,39,46)(H,40,44)/t20-,21-,22+,23+/m1/s1. The molecule has 0 unspecified atom stereocenters. The zero-order valence-corrected chi connectivity index (χ0v) is 29.4. The van der Waals surface area contributed by atoms with Crippen molar-refractivity contribution < 1.29 is 55.1 Å². The molecule has 10 nitrogen and oxygen atoms in total. The Balaban J connectivity index is 5.57. The minimum atomic E-state index is -5.03. The first kappa shape index (κ1) is 45.7. The summed E-state index contributed by atoms with van der Waals surface area (Å²) in [5.41, 5.74) is 0. The van der Waals surface area contributed by atoms with E-state index in [1.54, 1.807) is 10.6 Å². The van der Waals surface area contributed by atoms with Crippen molar-refractivity contribution in [2.45, 2.75) is 95.6 Å². The van der Waals surface area contributed by atoms with E-state index in [0.717, 1.165) is 0 Å². The largest absolute Gasteiger partial charge is 0.471 e. The number of ketones is 3. The van der Waals surface area contributed by atoms with Crippen LogP contribution in [0.15, 0.2) is 0 Å². The molecule has 4 atom stereocenters. The van der Waals surface area contributed by atoms with E-state index in [-0.39, 0.29) is 76.0 Å². The van der Waals surface area contributed by atoms with E-state index in [1.165, 1.54) is 37.5 Å². The van der Waals surface area contributed by atoms with Crippen LogP contribution in [-0.4, -0.2) is 104 Å². The SMILES string of the molecule is CN[C@@H](CCCCNC(=O)C(F)(F)F)C(=O)C[C@@H](CCSC)C(=O)N[C@@H](CCCCNC(=O)C(F)(F)F)C(=O)C[C@@H](CCSC)C(C)=O. The average Bonchev–Trinajstić information content (AvgIpc) is 3.00. The number of carbonyl (C=O) groups is 6. The molecule has 3 amide bonds. The highest BCUT2D eigenvalue weighted by molar-refractivity contribution is 7.98. The van der Waals surface area contributed by atoms with Crippen LogP contribution in [0.1, 0.15) is 71.1 Å². The first-order chi connectivity index (χ1) is 22.4. The monoisotopic (exact) mass is 738 g/mol. The predicted molar refractivity (Wildman–Crippen MR) is 174 cm³/mol. The van der Waals surface area contributed by atoms with Gasteiger partial charge >= 0.3 is 24.2 Å². The molecular formula is C30H48F6N4O6S2. The van der Waals surface area contributed by atoms with Crippen molar-refractivity contribution in [3.8, 4) is 0 Å². The molecule has 48 heavy (non-hydrogen) atoms. The van der Waals surface area contributed by atoms with Crippen LogP contribution in [0.4, 0.5) is 26.3 Å². The lowest BCUT2D eigenvalue weighted by atomic mass is 9.90. The Bertz CT molecular complexity index is 1050. The van der Waals surface area contributed by atoms with E-state index < -0.39 is 59.8 Å². The van der Waals surface area contributed by atoms with Crippen LogP contribution in [0.2, 0.25) is 0 Å². The van der Waals surface area contributed by atoms with E-state index >= 15 is 0 Å². The molecule has 4 N–H and O–H groups in total. The maximum absolute atomic E-state index is 13.5. The molecule has 278 valence electrons. The Hall–Kier alpha value is -2.34. The number of rotatable bonds is 26. The number of halogens is 6. The Kier molecular flexibility index (Phi) is 22.8. The highest BCUT2D eigenvalue weighted by Gasteiger charge is 2.39. The second-order valence-corrected chi connectivity index (χ2v) is 13.3. The normalized spacial score (nSPS) is 14.4. The van der Waals surface area contributed by atoms with Gasteiger partial charge < -0.3 is 21.3 Å². The third kappa shape index (κ3) is 19.6. The summed E-state index contributed by atoms with van der Waals surface area (Å²) >= 11 is 2.94. The average molecular weight is 739 g/mol. The van der Waals surface area contributed by atoms with Crippen molar-refractivity contribution >= 4 is 58.6 Å². The lowest BCUT2D eigenvalue weighted by molar-refractivity contribution is -0.173. The number of thioether (sulfide) groups is 2. The summed E-state index contributed by atoms with van der Waals surface area (Å²) in [6.45, 7) is 0.839. The molecule has 0 rings (SSSR count). The Morgan fingerprint density at radius 3 is 1.46 bits per heavy atom. The summed E-state index contributed by atoms with van der Waals surface area (Å²) in [5, 5.41) is 9.08. The molecule has 0 bridgehead atoms. The second kappa shape index (κ2) is 23.9. The number of Topliss-reactive ketones (excluding diaryl/α,β-unsaturated/α-hetero) is 3. The zero-order chi connectivity index (χ0) is 36.9. The van der Waals surface area contributed by atoms with Crippen molar-refractivity contribution in [2.24, 2.45) is 11.8 Å². The van der Waals surface area contributed by atoms with Crippen molar-refractivity contribution in [3.63, 3.8) is 0 Å². The number of amides is 3. The summed E-state index contributed by atoms with van der Waals surface area (Å²) in [7, 11) is 1.53. The number of alkyl halides is 6. The van der Waals surface area contributed by atoms with E-state index in [4.69, 9.17) is 0 Å². The molecule has 0 saturated carbocycles. The van der Waals surface area contributed by atoms with Gasteiger partial charge in [-0.1, -0.05) is 0 Å². The third-order valence-corrected chi connectivity index (χ3v) is 8.84. The van der Waals surface area contributed by atoms with Gasteiger partial charge in [-0.3, -0.25) is 28.8 Å². The minimum absolute atomic E-state index is 0.0345. The molecule has 0 aromatic heterocycles. The van der Waals surface area contributed by atoms with Crippen LogP contribution < -0.4 is 21.3 Å². The van der Waals surface area contributed by atoms with Gasteiger partial charge in [-0.2, -0.15) is 49.9 Å². The third-order valence-electron chi connectivity index (χ3n) is 7.55. The zero-order valence-electron chi connectivity index (χ0n) is 27.7. The van der Waals surface area contributed by atoms with E-state index in [2.05, 4.69) is 10.6 Å². The van der Waals surface area contributed by atoms with Crippen LogP contribution >= 0.6 is 23.5 Å². The van der Waals surface area contributed by atoms with Gasteiger partial charge in [-0.25, -0.2) is 0 Å². The van der Waals surface area contributed by atoms with E-state index in [9.17, 15) is 55.1 Å². The first-order valence-electron chi connectivity index (χ1n) is 15.6. The van der Waals surface area contributed by atoms with Crippen LogP contribution in [0.25, 0.3) is 0 Å². The predicted octanol–water partition coefficient (Wildman–Crippen LogP) is 4.00. The molecule has 0 saturated heterocycles. The van der Waals surface area contributed by atoms with E-state index in [0.29, 0.717) is 24.3 Å². The van der Waals surface area contributed by atoms with Crippen molar-refractivity contribution in [2.75, 3.05) is 44.2 Å². The van der Waals surface area contributed by atoms with Gasteiger partial charge in [0.2, 0.25) is 5.91 Å². The number of hydrogen-bond donors (Lipinski definition) is 4. The maximum atomic E-state index is 13.5. The number of hydrogen-bond acceptors (Lipinski definition) is 9. The van der Waals surface area contributed by atoms with Crippen molar-refractivity contribution in [1.29, 1.82) is 0 Å². The molecule has 0 spiro atoms. The summed E-state index contributed by atoms with van der Waals surface area (Å²) in [6, 6.07) is -1.80. The fraction of sp³-hybridized carbons (Fsp3) is 0.800. The van der Waals surface area contributed by atoms with Crippen molar-refractivity contribution in [1.82, 2.24) is 21.3 Å². The smallest absolute Gasteiger partial charge is 0.348 e. The number of likely N-dealkylation sites (N-methyl/N-ethyl adjacent to an activating group) is 1. The molecule has 18 heteroatoms. The molecule has 0 aliphatic carbocycles. The fourth-order valence-electron chi connectivity index (χ4n) is 4.69. The highest BCUT2D eigenvalue weighted by Crippen LogP contribution is 2.20. The van der Waals surface area contributed by atoms with Gasteiger partial charge in [-0.05, 0) is 89.4 Å². The molecule has 0 aliphatic rings. The molecular weight excluding hydrogens is 690 g/mol. The van der Waals surface area contributed by atoms with E-state index in [1.807, 2.05) is 12.5 Å². The van der Waals surface area contributed by atoms with Gasteiger partial charge in [-0.15, -0.1) is 0 Å². The van der Waals surface area contributed by atoms with Gasteiger partial charge in [0.15, 0.2) is 11.6 Å². The van der Waals surface area contributed by atoms with Gasteiger partial charge in [0, 0.05) is 37.8 Å². The summed E-state index contributed by atoms with van der Waals surface area (Å²) < 4.78 is 74.5. The summed E-state index contributed by atoms with van der Waals surface area (Å²) in [6.07, 6.45) is -4.95. The molecule has 0 aliphatic heterocycles. The molecule has 0 heterocycles. The maximum Gasteiger partial charge on any atom is 0.471 e. The topological polar surface area (TPSA) is 151 Å². The Morgan fingerprint density at radius 2 is 1.04 bits per heavy atom. The lowest BCUT2D eigenvalue weighted by Gasteiger charge is -2.24. The second-order valence-electron chi connectivity index (χ2n) is 11.3. The number of unbranched alkanes of at least 4 members (excludes halogenated alkanes) is 2. The minimum Gasteiger partial charge on any atom is -0.348 e. The molecule has 0 aromatic carbocycles. The Labute approximate surface area is 286 Å².